The Bertz CT molecular complexity index is 622. The van der Waals surface area contributed by atoms with E-state index in [-0.39, 0.29) is 5.75 Å². The largest absolute Gasteiger partial charge is 0.506 e. The molecule has 0 aromatic heterocycles. The summed E-state index contributed by atoms with van der Waals surface area (Å²) in [6.45, 7) is 3.75. The minimum Gasteiger partial charge on any atom is -0.506 e. The standard InChI is InChI=1S/C15H22N2O3S/c1-12-7-10-16(11-8-12)21(19,20)17-9-3-5-13-4-2-6-14(18)15(13)17/h2,4,6,12,18H,3,5,7-11H2,1H3. The van der Waals surface area contributed by atoms with Crippen LogP contribution in [0.1, 0.15) is 31.7 Å². The van der Waals surface area contributed by atoms with E-state index < -0.39 is 10.2 Å². The number of piperidine rings is 1. The number of benzene rings is 1. The second-order valence-electron chi connectivity index (χ2n) is 6.05. The summed E-state index contributed by atoms with van der Waals surface area (Å²) >= 11 is 0. The van der Waals surface area contributed by atoms with Gasteiger partial charge in [-0.3, -0.25) is 4.31 Å². The van der Waals surface area contributed by atoms with Gasteiger partial charge in [0.25, 0.3) is 0 Å². The molecule has 116 valence electrons. The molecule has 0 spiro atoms. The Hall–Kier alpha value is -1.27. The van der Waals surface area contributed by atoms with E-state index in [1.165, 1.54) is 4.31 Å². The quantitative estimate of drug-likeness (QED) is 0.910. The molecule has 3 rings (SSSR count). The summed E-state index contributed by atoms with van der Waals surface area (Å²) < 4.78 is 28.8. The zero-order valence-corrected chi connectivity index (χ0v) is 13.1. The summed E-state index contributed by atoms with van der Waals surface area (Å²) in [5.74, 6) is 0.639. The van der Waals surface area contributed by atoms with Crippen molar-refractivity contribution in [2.24, 2.45) is 5.92 Å². The number of phenolic OH excluding ortho intramolecular Hbond substituents is 1. The molecular formula is C15H22N2O3S. The number of aryl methyl sites for hydroxylation is 1. The third-order valence-corrected chi connectivity index (χ3v) is 6.44. The number of hydrogen-bond acceptors (Lipinski definition) is 3. The highest BCUT2D eigenvalue weighted by atomic mass is 32.2. The highest BCUT2D eigenvalue weighted by molar-refractivity contribution is 7.90. The SMILES string of the molecule is CC1CCN(S(=O)(=O)N2CCCc3cccc(O)c32)CC1. The van der Waals surface area contributed by atoms with Gasteiger partial charge in [0.05, 0.1) is 5.69 Å². The van der Waals surface area contributed by atoms with E-state index in [1.807, 2.05) is 6.07 Å². The van der Waals surface area contributed by atoms with Gasteiger partial charge in [-0.1, -0.05) is 19.1 Å². The van der Waals surface area contributed by atoms with Crippen LogP contribution in [0.2, 0.25) is 0 Å². The van der Waals surface area contributed by atoms with E-state index in [4.69, 9.17) is 0 Å². The number of fused-ring (bicyclic) bond motifs is 1. The van der Waals surface area contributed by atoms with Gasteiger partial charge in [0.2, 0.25) is 0 Å². The van der Waals surface area contributed by atoms with Crippen LogP contribution >= 0.6 is 0 Å². The van der Waals surface area contributed by atoms with Crippen molar-refractivity contribution in [3.8, 4) is 5.75 Å². The lowest BCUT2D eigenvalue weighted by Gasteiger charge is -2.37. The molecular weight excluding hydrogens is 288 g/mol. The van der Waals surface area contributed by atoms with E-state index in [0.717, 1.165) is 31.2 Å². The first-order valence-electron chi connectivity index (χ1n) is 7.59. The molecule has 5 nitrogen and oxygen atoms in total. The molecule has 0 saturated carbocycles. The lowest BCUT2D eigenvalue weighted by atomic mass is 10.0. The molecule has 0 unspecified atom stereocenters. The molecule has 21 heavy (non-hydrogen) atoms. The molecule has 2 heterocycles. The van der Waals surface area contributed by atoms with Crippen molar-refractivity contribution < 1.29 is 13.5 Å². The van der Waals surface area contributed by atoms with E-state index >= 15 is 0 Å². The molecule has 0 radical (unpaired) electrons. The molecule has 1 aromatic rings. The molecule has 2 aliphatic rings. The highest BCUT2D eigenvalue weighted by Gasteiger charge is 2.35. The number of rotatable bonds is 2. The molecule has 1 N–H and O–H groups in total. The van der Waals surface area contributed by atoms with Gasteiger partial charge in [-0.05, 0) is 43.2 Å². The second-order valence-corrected chi connectivity index (χ2v) is 7.90. The Morgan fingerprint density at radius 3 is 2.62 bits per heavy atom. The lowest BCUT2D eigenvalue weighted by Crippen LogP contribution is -2.48. The Labute approximate surface area is 126 Å². The zero-order chi connectivity index (χ0) is 15.0. The minimum absolute atomic E-state index is 0.0566. The minimum atomic E-state index is -3.54. The second kappa shape index (κ2) is 5.50. The van der Waals surface area contributed by atoms with E-state index in [9.17, 15) is 13.5 Å². The average Bonchev–Trinajstić information content (AvgIpc) is 2.47. The monoisotopic (exact) mass is 310 g/mol. The van der Waals surface area contributed by atoms with Crippen LogP contribution in [0.5, 0.6) is 5.75 Å². The number of phenols is 1. The van der Waals surface area contributed by atoms with Gasteiger partial charge in [0.15, 0.2) is 0 Å². The van der Waals surface area contributed by atoms with Crippen LogP contribution < -0.4 is 4.31 Å². The fourth-order valence-electron chi connectivity index (χ4n) is 3.18. The molecule has 0 atom stereocenters. The number of hydrogen-bond donors (Lipinski definition) is 1. The summed E-state index contributed by atoms with van der Waals surface area (Å²) in [6.07, 6.45) is 3.41. The molecule has 1 saturated heterocycles. The first-order valence-corrected chi connectivity index (χ1v) is 8.98. The Kier molecular flexibility index (Phi) is 3.84. The Morgan fingerprint density at radius 1 is 1.19 bits per heavy atom. The average molecular weight is 310 g/mol. The summed E-state index contributed by atoms with van der Waals surface area (Å²) in [7, 11) is -3.54. The first kappa shape index (κ1) is 14.7. The van der Waals surface area contributed by atoms with Gasteiger partial charge in [-0.15, -0.1) is 0 Å². The van der Waals surface area contributed by atoms with Crippen LogP contribution in [0.25, 0.3) is 0 Å². The summed E-state index contributed by atoms with van der Waals surface area (Å²) in [5.41, 5.74) is 1.39. The molecule has 1 aromatic carbocycles. The van der Waals surface area contributed by atoms with Crippen LogP contribution in [0.15, 0.2) is 18.2 Å². The topological polar surface area (TPSA) is 60.9 Å². The summed E-state index contributed by atoms with van der Waals surface area (Å²) in [5, 5.41) is 10.1. The van der Waals surface area contributed by atoms with Crippen LogP contribution in [0.3, 0.4) is 0 Å². The van der Waals surface area contributed by atoms with Crippen LogP contribution in [0.4, 0.5) is 5.69 Å². The molecule has 0 aliphatic carbocycles. The van der Waals surface area contributed by atoms with Crippen LogP contribution in [0, 0.1) is 5.92 Å². The van der Waals surface area contributed by atoms with Crippen LogP contribution in [-0.4, -0.2) is 37.5 Å². The van der Waals surface area contributed by atoms with Gasteiger partial charge in [0, 0.05) is 19.6 Å². The fourth-order valence-corrected chi connectivity index (χ4v) is 4.93. The van der Waals surface area contributed by atoms with Gasteiger partial charge in [0.1, 0.15) is 5.75 Å². The number of aromatic hydroxyl groups is 1. The molecule has 0 amide bonds. The summed E-state index contributed by atoms with van der Waals surface area (Å²) in [6, 6.07) is 5.23. The number of para-hydroxylation sites is 1. The zero-order valence-electron chi connectivity index (χ0n) is 12.3. The maximum atomic E-state index is 12.9. The maximum absolute atomic E-state index is 12.9. The van der Waals surface area contributed by atoms with Crippen molar-refractivity contribution in [3.63, 3.8) is 0 Å². The predicted octanol–water partition coefficient (Wildman–Crippen LogP) is 2.12. The van der Waals surface area contributed by atoms with E-state index in [0.29, 0.717) is 31.2 Å². The Morgan fingerprint density at radius 2 is 1.90 bits per heavy atom. The highest BCUT2D eigenvalue weighted by Crippen LogP contribution is 2.38. The number of anilines is 1. The molecule has 0 bridgehead atoms. The maximum Gasteiger partial charge on any atom is 0.304 e. The normalized spacial score (nSPS) is 21.3. The van der Waals surface area contributed by atoms with Crippen LogP contribution in [-0.2, 0) is 16.6 Å². The molecule has 2 aliphatic heterocycles. The van der Waals surface area contributed by atoms with Crippen molar-refractivity contribution >= 4 is 15.9 Å². The third kappa shape index (κ3) is 2.62. The fraction of sp³-hybridized carbons (Fsp3) is 0.600. The van der Waals surface area contributed by atoms with Gasteiger partial charge in [-0.25, -0.2) is 0 Å². The van der Waals surface area contributed by atoms with Crippen molar-refractivity contribution in [2.75, 3.05) is 23.9 Å². The Balaban J connectivity index is 1.94. The van der Waals surface area contributed by atoms with Crippen molar-refractivity contribution in [1.29, 1.82) is 0 Å². The summed E-state index contributed by atoms with van der Waals surface area (Å²) in [4.78, 5) is 0. The van der Waals surface area contributed by atoms with Crippen molar-refractivity contribution in [2.45, 2.75) is 32.6 Å². The van der Waals surface area contributed by atoms with Crippen molar-refractivity contribution in [1.82, 2.24) is 4.31 Å². The molecule has 6 heteroatoms. The number of nitrogens with zero attached hydrogens (tertiary/aromatic N) is 2. The predicted molar refractivity (Wildman–Crippen MR) is 82.7 cm³/mol. The smallest absolute Gasteiger partial charge is 0.304 e. The van der Waals surface area contributed by atoms with Gasteiger partial charge in [-0.2, -0.15) is 12.7 Å². The van der Waals surface area contributed by atoms with Gasteiger partial charge < -0.3 is 5.11 Å². The molecule has 1 fully saturated rings. The third-order valence-electron chi connectivity index (χ3n) is 4.50. The lowest BCUT2D eigenvalue weighted by molar-refractivity contribution is 0.287. The van der Waals surface area contributed by atoms with E-state index in [1.54, 1.807) is 16.4 Å². The van der Waals surface area contributed by atoms with Gasteiger partial charge >= 0.3 is 10.2 Å². The first-order chi connectivity index (χ1) is 10.00. The van der Waals surface area contributed by atoms with Crippen molar-refractivity contribution in [3.05, 3.63) is 23.8 Å². The van der Waals surface area contributed by atoms with E-state index in [2.05, 4.69) is 6.92 Å².